The second kappa shape index (κ2) is 11.7. The van der Waals surface area contributed by atoms with Crippen LogP contribution in [0, 0.1) is 6.92 Å². The summed E-state index contributed by atoms with van der Waals surface area (Å²) in [6.07, 6.45) is 1.34. The summed E-state index contributed by atoms with van der Waals surface area (Å²) in [5, 5.41) is 0. The number of carbonyl (C=O) groups excluding carboxylic acids is 2. The minimum absolute atomic E-state index is 0.0194. The molecule has 1 aromatic carbocycles. The number of unbranched alkanes of at least 4 members (excludes halogenated alkanes) is 1. The number of benzene rings is 1. The summed E-state index contributed by atoms with van der Waals surface area (Å²) in [6.45, 7) is 4.16. The van der Waals surface area contributed by atoms with Crippen LogP contribution in [0.5, 0.6) is 5.75 Å². The van der Waals surface area contributed by atoms with Crippen LogP contribution in [0.1, 0.15) is 52.7 Å². The van der Waals surface area contributed by atoms with Crippen LogP contribution in [0.4, 0.5) is 11.5 Å². The monoisotopic (exact) mass is 498 g/mol. The Kier molecular flexibility index (Phi) is 8.64. The number of nitrogens with one attached hydrogen (secondary N) is 1. The van der Waals surface area contributed by atoms with Gasteiger partial charge in [-0.25, -0.2) is 4.79 Å². The van der Waals surface area contributed by atoms with E-state index in [0.717, 1.165) is 11.3 Å². The number of para-hydroxylation sites is 1. The van der Waals surface area contributed by atoms with Crippen molar-refractivity contribution in [3.05, 3.63) is 72.6 Å². The number of carbonyl (C=O) groups is 2. The van der Waals surface area contributed by atoms with Crippen molar-refractivity contribution in [3.8, 4) is 5.75 Å². The van der Waals surface area contributed by atoms with Crippen LogP contribution in [0.25, 0.3) is 0 Å². The molecule has 0 aliphatic rings. The van der Waals surface area contributed by atoms with E-state index in [0.29, 0.717) is 29.2 Å². The number of Topliss-reactive ketones (excluding diaryl/α,β-unsaturated/α-hetero) is 1. The van der Waals surface area contributed by atoms with E-state index in [1.54, 1.807) is 30.3 Å². The number of methoxy groups -OCH3 is 1. The van der Waals surface area contributed by atoms with E-state index in [4.69, 9.17) is 10.5 Å². The fourth-order valence-corrected chi connectivity index (χ4v) is 4.57. The lowest BCUT2D eigenvalue weighted by Gasteiger charge is -2.25. The first-order chi connectivity index (χ1) is 16.8. The van der Waals surface area contributed by atoms with Crippen molar-refractivity contribution in [2.45, 2.75) is 52.6 Å². The Hall–Kier alpha value is -3.66. The van der Waals surface area contributed by atoms with Crippen LogP contribution in [0.3, 0.4) is 0 Å². The van der Waals surface area contributed by atoms with Gasteiger partial charge >= 0.3 is 5.69 Å². The molecule has 186 valence electrons. The third-order valence-corrected chi connectivity index (χ3v) is 6.66. The Morgan fingerprint density at radius 1 is 1.14 bits per heavy atom. The highest BCUT2D eigenvalue weighted by molar-refractivity contribution is 7.14. The van der Waals surface area contributed by atoms with Crippen LogP contribution < -0.4 is 26.6 Å². The number of aromatic amines is 1. The van der Waals surface area contributed by atoms with Gasteiger partial charge in [0.1, 0.15) is 11.6 Å². The van der Waals surface area contributed by atoms with Gasteiger partial charge in [-0.1, -0.05) is 31.5 Å². The van der Waals surface area contributed by atoms with Crippen molar-refractivity contribution in [2.24, 2.45) is 0 Å². The third kappa shape index (κ3) is 6.07. The Bertz CT molecular complexity index is 1320. The van der Waals surface area contributed by atoms with Crippen LogP contribution >= 0.6 is 11.3 Å². The van der Waals surface area contributed by atoms with E-state index in [-0.39, 0.29) is 36.7 Å². The van der Waals surface area contributed by atoms with Crippen molar-refractivity contribution in [1.82, 2.24) is 9.55 Å². The number of thiophene rings is 1. The first-order valence-electron chi connectivity index (χ1n) is 11.4. The molecule has 0 atom stereocenters. The standard InChI is InChI=1S/C25H30N4O5S/c1-4-5-14-28-23(26)22(24(32)27-25(28)33)29(15-17-8-6-7-9-19(17)34-3)21(31)13-11-18(30)20-12-10-16(2)35-20/h6-10,12H,4-5,11,13-15,26H2,1-3H3,(H,27,32,33). The lowest BCUT2D eigenvalue weighted by Crippen LogP contribution is -2.41. The molecule has 0 aliphatic heterocycles. The lowest BCUT2D eigenvalue weighted by atomic mass is 10.1. The molecular weight excluding hydrogens is 468 g/mol. The van der Waals surface area contributed by atoms with Gasteiger partial charge in [0.15, 0.2) is 11.5 Å². The predicted octanol–water partition coefficient (Wildman–Crippen LogP) is 3.49. The highest BCUT2D eigenvalue weighted by atomic mass is 32.1. The van der Waals surface area contributed by atoms with Gasteiger partial charge in [0.25, 0.3) is 5.56 Å². The molecule has 1 amide bonds. The van der Waals surface area contributed by atoms with Gasteiger partial charge in [0, 0.05) is 29.8 Å². The quantitative estimate of drug-likeness (QED) is 0.390. The van der Waals surface area contributed by atoms with Crippen LogP contribution in [0.15, 0.2) is 46.0 Å². The van der Waals surface area contributed by atoms with Gasteiger partial charge in [-0.15, -0.1) is 11.3 Å². The molecule has 3 rings (SSSR count). The van der Waals surface area contributed by atoms with Gasteiger partial charge in [0.05, 0.1) is 18.5 Å². The van der Waals surface area contributed by atoms with E-state index in [2.05, 4.69) is 4.98 Å². The summed E-state index contributed by atoms with van der Waals surface area (Å²) in [4.78, 5) is 56.5. The Morgan fingerprint density at radius 2 is 1.89 bits per heavy atom. The van der Waals surface area contributed by atoms with Crippen LogP contribution in [-0.4, -0.2) is 28.4 Å². The second-order valence-corrected chi connectivity index (χ2v) is 9.41. The average molecular weight is 499 g/mol. The summed E-state index contributed by atoms with van der Waals surface area (Å²) in [5.74, 6) is -0.167. The molecule has 0 unspecified atom stereocenters. The molecule has 10 heteroatoms. The highest BCUT2D eigenvalue weighted by Gasteiger charge is 2.26. The molecule has 0 radical (unpaired) electrons. The third-order valence-electron chi connectivity index (χ3n) is 5.62. The molecule has 3 aromatic rings. The molecule has 0 fully saturated rings. The number of hydrogen-bond acceptors (Lipinski definition) is 7. The van der Waals surface area contributed by atoms with Crippen molar-refractivity contribution in [3.63, 3.8) is 0 Å². The number of H-pyrrole nitrogens is 1. The summed E-state index contributed by atoms with van der Waals surface area (Å²) in [5.41, 5.74) is 5.44. The molecule has 0 saturated carbocycles. The number of rotatable bonds is 11. The molecule has 0 bridgehead atoms. The molecular formula is C25H30N4O5S. The number of ether oxygens (including phenoxy) is 1. The number of nitrogens with zero attached hydrogens (tertiary/aromatic N) is 2. The van der Waals surface area contributed by atoms with Crippen LogP contribution in [0.2, 0.25) is 0 Å². The Morgan fingerprint density at radius 3 is 2.54 bits per heavy atom. The van der Waals surface area contributed by atoms with Crippen LogP contribution in [-0.2, 0) is 17.9 Å². The molecule has 3 N–H and O–H groups in total. The zero-order chi connectivity index (χ0) is 25.5. The summed E-state index contributed by atoms with van der Waals surface area (Å²) < 4.78 is 6.68. The fraction of sp³-hybridized carbons (Fsp3) is 0.360. The minimum atomic E-state index is -0.760. The molecule has 2 aromatic heterocycles. The van der Waals surface area contributed by atoms with Gasteiger partial charge in [-0.3, -0.25) is 28.8 Å². The molecule has 0 spiro atoms. The number of ketones is 1. The fourth-order valence-electron chi connectivity index (χ4n) is 3.74. The van der Waals surface area contributed by atoms with E-state index < -0.39 is 17.2 Å². The number of nitrogen functional groups attached to an aromatic ring is 1. The first kappa shape index (κ1) is 26.0. The van der Waals surface area contributed by atoms with E-state index in [1.165, 1.54) is 27.9 Å². The number of anilines is 2. The molecule has 0 saturated heterocycles. The SMILES string of the molecule is CCCCn1c(N)c(N(Cc2ccccc2OC)C(=O)CCC(=O)c2ccc(C)s2)c(=O)[nH]c1=O. The van der Waals surface area contributed by atoms with Gasteiger partial charge in [0.2, 0.25) is 5.91 Å². The Labute approximate surface area is 207 Å². The lowest BCUT2D eigenvalue weighted by molar-refractivity contribution is -0.118. The van der Waals surface area contributed by atoms with E-state index >= 15 is 0 Å². The molecule has 2 heterocycles. The molecule has 35 heavy (non-hydrogen) atoms. The van der Waals surface area contributed by atoms with Gasteiger partial charge < -0.3 is 10.5 Å². The number of aromatic nitrogens is 2. The largest absolute Gasteiger partial charge is 0.496 e. The molecule has 9 nitrogen and oxygen atoms in total. The average Bonchev–Trinajstić information content (AvgIpc) is 3.28. The van der Waals surface area contributed by atoms with Crippen molar-refractivity contribution in [1.29, 1.82) is 0 Å². The summed E-state index contributed by atoms with van der Waals surface area (Å²) in [6, 6.07) is 10.7. The van der Waals surface area contributed by atoms with Crippen molar-refractivity contribution in [2.75, 3.05) is 17.7 Å². The number of nitrogens with two attached hydrogens (primary N) is 1. The van der Waals surface area contributed by atoms with Gasteiger partial charge in [-0.2, -0.15) is 0 Å². The summed E-state index contributed by atoms with van der Waals surface area (Å²) in [7, 11) is 1.51. The maximum Gasteiger partial charge on any atom is 0.330 e. The number of aryl methyl sites for hydroxylation is 1. The van der Waals surface area contributed by atoms with E-state index in [9.17, 15) is 19.2 Å². The smallest absolute Gasteiger partial charge is 0.330 e. The maximum absolute atomic E-state index is 13.4. The second-order valence-electron chi connectivity index (χ2n) is 8.12. The summed E-state index contributed by atoms with van der Waals surface area (Å²) >= 11 is 1.37. The normalized spacial score (nSPS) is 10.8. The number of amides is 1. The van der Waals surface area contributed by atoms with E-state index in [1.807, 2.05) is 19.9 Å². The maximum atomic E-state index is 13.4. The highest BCUT2D eigenvalue weighted by Crippen LogP contribution is 2.26. The number of hydrogen-bond donors (Lipinski definition) is 2. The topological polar surface area (TPSA) is 127 Å². The van der Waals surface area contributed by atoms with Gasteiger partial charge in [-0.05, 0) is 31.5 Å². The van der Waals surface area contributed by atoms with Crippen molar-refractivity contribution < 1.29 is 14.3 Å². The predicted molar refractivity (Wildman–Crippen MR) is 137 cm³/mol. The van der Waals surface area contributed by atoms with Crippen molar-refractivity contribution >= 4 is 34.5 Å². The zero-order valence-electron chi connectivity index (χ0n) is 20.1. The minimum Gasteiger partial charge on any atom is -0.496 e. The first-order valence-corrected chi connectivity index (χ1v) is 12.2. The zero-order valence-corrected chi connectivity index (χ0v) is 20.9. The molecule has 0 aliphatic carbocycles. The Balaban J connectivity index is 2.00.